The number of likely N-dealkylation sites (tertiary alicyclic amines) is 1. The molecule has 3 aromatic rings. The maximum absolute atomic E-state index is 13.2. The Labute approximate surface area is 171 Å². The van der Waals surface area contributed by atoms with Gasteiger partial charge in [0.25, 0.3) is 0 Å². The summed E-state index contributed by atoms with van der Waals surface area (Å²) in [7, 11) is 3.42. The molecule has 160 valence electrons. The van der Waals surface area contributed by atoms with Gasteiger partial charge < -0.3 is 15.0 Å². The second-order valence-corrected chi connectivity index (χ2v) is 7.61. The number of aromatic nitrogens is 4. The fourth-order valence-electron chi connectivity index (χ4n) is 3.95. The summed E-state index contributed by atoms with van der Waals surface area (Å²) in [5, 5.41) is 12.1. The summed E-state index contributed by atoms with van der Waals surface area (Å²) >= 11 is 0. The number of imidazole rings is 1. The van der Waals surface area contributed by atoms with E-state index in [-0.39, 0.29) is 11.8 Å². The van der Waals surface area contributed by atoms with Crippen LogP contribution in [-0.2, 0) is 6.18 Å². The van der Waals surface area contributed by atoms with Gasteiger partial charge in [-0.1, -0.05) is 0 Å². The summed E-state index contributed by atoms with van der Waals surface area (Å²) in [4.78, 5) is 6.65. The van der Waals surface area contributed by atoms with Gasteiger partial charge in [-0.15, -0.1) is 10.2 Å². The van der Waals surface area contributed by atoms with Crippen LogP contribution < -0.4 is 10.1 Å². The first-order valence-electron chi connectivity index (χ1n) is 9.69. The van der Waals surface area contributed by atoms with Crippen molar-refractivity contribution in [3.8, 4) is 17.1 Å². The Kier molecular flexibility index (Phi) is 5.27. The average molecular weight is 420 g/mol. The normalized spacial score (nSPS) is 18.0. The highest BCUT2D eigenvalue weighted by molar-refractivity contribution is 5.74. The van der Waals surface area contributed by atoms with Gasteiger partial charge in [-0.2, -0.15) is 13.2 Å². The molecule has 1 fully saturated rings. The number of nitrogens with zero attached hydrogens (tertiary/aromatic N) is 5. The number of halogens is 3. The molecule has 1 atom stereocenters. The molecule has 3 heterocycles. The smallest absolute Gasteiger partial charge is 0.416 e. The molecule has 1 aliphatic heterocycles. The minimum Gasteiger partial charge on any atom is -0.496 e. The zero-order chi connectivity index (χ0) is 21.5. The molecule has 1 N–H and O–H groups in total. The standard InChI is InChI=1S/C20H23F3N6O/c1-12-9-13(20(21,22)23)10-15(30-3)16(12)18-27-26-17(19-24-6-8-29(18)19)25-14-5-4-7-28(2)11-14/h6,8-10,14H,4-5,7,11H2,1-3H3,(H,25,26). The number of hydrogen-bond acceptors (Lipinski definition) is 6. The van der Waals surface area contributed by atoms with Crippen LogP contribution in [0.2, 0.25) is 0 Å². The van der Waals surface area contributed by atoms with Gasteiger partial charge >= 0.3 is 6.18 Å². The molecule has 10 heteroatoms. The van der Waals surface area contributed by atoms with Gasteiger partial charge in [0, 0.05) is 25.0 Å². The van der Waals surface area contributed by atoms with E-state index in [0.29, 0.717) is 28.4 Å². The number of rotatable bonds is 4. The van der Waals surface area contributed by atoms with E-state index >= 15 is 0 Å². The molecule has 2 aromatic heterocycles. The van der Waals surface area contributed by atoms with Crippen LogP contribution in [0.5, 0.6) is 5.75 Å². The molecule has 1 aliphatic rings. The lowest BCUT2D eigenvalue weighted by atomic mass is 10.0. The van der Waals surface area contributed by atoms with Crippen LogP contribution >= 0.6 is 0 Å². The third-order valence-corrected chi connectivity index (χ3v) is 5.36. The maximum atomic E-state index is 13.2. The molecule has 30 heavy (non-hydrogen) atoms. The van der Waals surface area contributed by atoms with Gasteiger partial charge in [-0.05, 0) is 51.1 Å². The first-order valence-corrected chi connectivity index (χ1v) is 9.69. The monoisotopic (exact) mass is 420 g/mol. The largest absolute Gasteiger partial charge is 0.496 e. The predicted octanol–water partition coefficient (Wildman–Crippen LogP) is 3.63. The van der Waals surface area contributed by atoms with E-state index in [1.165, 1.54) is 7.11 Å². The number of nitrogens with one attached hydrogen (secondary N) is 1. The zero-order valence-corrected chi connectivity index (χ0v) is 17.0. The van der Waals surface area contributed by atoms with Crippen molar-refractivity contribution < 1.29 is 17.9 Å². The van der Waals surface area contributed by atoms with E-state index in [1.54, 1.807) is 23.7 Å². The number of ether oxygens (including phenoxy) is 1. The van der Waals surface area contributed by atoms with Gasteiger partial charge in [-0.3, -0.25) is 4.40 Å². The Hall–Kier alpha value is -2.88. The Morgan fingerprint density at radius 2 is 2.03 bits per heavy atom. The molecule has 0 radical (unpaired) electrons. The van der Waals surface area contributed by atoms with E-state index in [0.717, 1.165) is 38.1 Å². The summed E-state index contributed by atoms with van der Waals surface area (Å²) in [5.74, 6) is 1.01. The number of aryl methyl sites for hydroxylation is 1. The lowest BCUT2D eigenvalue weighted by molar-refractivity contribution is -0.137. The highest BCUT2D eigenvalue weighted by atomic mass is 19.4. The van der Waals surface area contributed by atoms with Gasteiger partial charge in [0.1, 0.15) is 5.75 Å². The van der Waals surface area contributed by atoms with Crippen molar-refractivity contribution in [2.75, 3.05) is 32.6 Å². The van der Waals surface area contributed by atoms with Crippen LogP contribution in [-0.4, -0.2) is 57.8 Å². The predicted molar refractivity (Wildman–Crippen MR) is 107 cm³/mol. The van der Waals surface area contributed by atoms with Crippen LogP contribution in [0.1, 0.15) is 24.0 Å². The summed E-state index contributed by atoms with van der Waals surface area (Å²) in [6, 6.07) is 2.30. The number of anilines is 1. The minimum atomic E-state index is -4.46. The number of fused-ring (bicyclic) bond motifs is 1. The van der Waals surface area contributed by atoms with E-state index in [2.05, 4.69) is 32.4 Å². The molecule has 0 aliphatic carbocycles. The molecule has 7 nitrogen and oxygen atoms in total. The fourth-order valence-corrected chi connectivity index (χ4v) is 3.95. The first kappa shape index (κ1) is 20.4. The molecule has 4 rings (SSSR count). The van der Waals surface area contributed by atoms with E-state index < -0.39 is 11.7 Å². The molecule has 0 saturated carbocycles. The van der Waals surface area contributed by atoms with Crippen LogP contribution in [0.25, 0.3) is 17.0 Å². The summed E-state index contributed by atoms with van der Waals surface area (Å²) in [6.45, 7) is 3.55. The van der Waals surface area contributed by atoms with E-state index in [4.69, 9.17) is 4.74 Å². The van der Waals surface area contributed by atoms with Crippen LogP contribution in [0.3, 0.4) is 0 Å². The van der Waals surface area contributed by atoms with Gasteiger partial charge in [0.15, 0.2) is 17.3 Å². The number of hydrogen-bond donors (Lipinski definition) is 1. The first-order chi connectivity index (χ1) is 14.3. The Morgan fingerprint density at radius 1 is 1.23 bits per heavy atom. The van der Waals surface area contributed by atoms with Gasteiger partial charge in [-0.25, -0.2) is 4.98 Å². The molecule has 0 spiro atoms. The number of likely N-dealkylation sites (N-methyl/N-ethyl adjacent to an activating group) is 1. The van der Waals surface area contributed by atoms with Crippen molar-refractivity contribution in [1.82, 2.24) is 24.5 Å². The summed E-state index contributed by atoms with van der Waals surface area (Å²) < 4.78 is 46.6. The van der Waals surface area contributed by atoms with Crippen molar-refractivity contribution in [3.63, 3.8) is 0 Å². The Morgan fingerprint density at radius 3 is 2.73 bits per heavy atom. The molecule has 0 amide bonds. The van der Waals surface area contributed by atoms with Crippen LogP contribution in [0, 0.1) is 6.92 Å². The van der Waals surface area contributed by atoms with Crippen molar-refractivity contribution >= 4 is 11.5 Å². The molecule has 0 bridgehead atoms. The topological polar surface area (TPSA) is 67.6 Å². The Bertz CT molecular complexity index is 1060. The number of alkyl halides is 3. The van der Waals surface area contributed by atoms with Crippen molar-refractivity contribution in [2.24, 2.45) is 0 Å². The van der Waals surface area contributed by atoms with Crippen molar-refractivity contribution in [1.29, 1.82) is 0 Å². The molecule has 1 aromatic carbocycles. The molecule has 1 unspecified atom stereocenters. The number of methoxy groups -OCH3 is 1. The summed E-state index contributed by atoms with van der Waals surface area (Å²) in [5.41, 5.74) is 0.634. The van der Waals surface area contributed by atoms with E-state index in [9.17, 15) is 13.2 Å². The summed E-state index contributed by atoms with van der Waals surface area (Å²) in [6.07, 6.45) is 0.979. The average Bonchev–Trinajstić information content (AvgIpc) is 3.18. The fraction of sp³-hybridized carbons (Fsp3) is 0.450. The van der Waals surface area contributed by atoms with Crippen LogP contribution in [0.15, 0.2) is 24.5 Å². The zero-order valence-electron chi connectivity index (χ0n) is 17.0. The molecule has 1 saturated heterocycles. The van der Waals surface area contributed by atoms with Gasteiger partial charge in [0.2, 0.25) is 0 Å². The maximum Gasteiger partial charge on any atom is 0.416 e. The molecular weight excluding hydrogens is 397 g/mol. The van der Waals surface area contributed by atoms with Crippen molar-refractivity contribution in [3.05, 3.63) is 35.7 Å². The second kappa shape index (κ2) is 7.75. The lowest BCUT2D eigenvalue weighted by Gasteiger charge is -2.30. The number of piperidine rings is 1. The Balaban J connectivity index is 1.77. The second-order valence-electron chi connectivity index (χ2n) is 7.61. The van der Waals surface area contributed by atoms with Crippen LogP contribution in [0.4, 0.5) is 19.0 Å². The highest BCUT2D eigenvalue weighted by Crippen LogP contribution is 2.39. The van der Waals surface area contributed by atoms with E-state index in [1.807, 2.05) is 0 Å². The highest BCUT2D eigenvalue weighted by Gasteiger charge is 2.33. The third-order valence-electron chi connectivity index (χ3n) is 5.36. The quantitative estimate of drug-likeness (QED) is 0.695. The minimum absolute atomic E-state index is 0.0845. The molecular formula is C20H23F3N6O. The number of benzene rings is 1. The SMILES string of the molecule is COc1cc(C(F)(F)F)cc(C)c1-c1nnc(NC2CCCN(C)C2)c2nccn12. The van der Waals surface area contributed by atoms with Crippen molar-refractivity contribution in [2.45, 2.75) is 32.0 Å². The van der Waals surface area contributed by atoms with Gasteiger partial charge in [0.05, 0.1) is 18.2 Å². The lowest BCUT2D eigenvalue weighted by Crippen LogP contribution is -2.40. The third kappa shape index (κ3) is 3.79.